The maximum atomic E-state index is 15.2. The molecule has 0 heterocycles. The number of ether oxygens (including phenoxy) is 3. The first-order chi connectivity index (χ1) is 24.3. The Bertz CT molecular complexity index is 1470. The van der Waals surface area contributed by atoms with Crippen LogP contribution in [0.15, 0.2) is 30.3 Å². The lowest BCUT2D eigenvalue weighted by molar-refractivity contribution is -0.432. The molecular weight excluding hydrogens is 720 g/mol. The number of alkyl halides is 9. The fraction of sp³-hybridized carbons (Fsp3) is 0.676. The molecule has 0 bridgehead atoms. The van der Waals surface area contributed by atoms with Gasteiger partial charge >= 0.3 is 24.7 Å². The average Bonchev–Trinajstić information content (AvgIpc) is 3.03. The summed E-state index contributed by atoms with van der Waals surface area (Å²) in [7, 11) is 0. The molecule has 3 fully saturated rings. The van der Waals surface area contributed by atoms with Gasteiger partial charge in [-0.1, -0.05) is 32.6 Å². The van der Waals surface area contributed by atoms with Gasteiger partial charge in [-0.15, -0.1) is 13.2 Å². The van der Waals surface area contributed by atoms with Gasteiger partial charge in [-0.3, -0.25) is 0 Å². The Balaban J connectivity index is 1.13. The van der Waals surface area contributed by atoms with Crippen molar-refractivity contribution in [1.82, 2.24) is 0 Å². The van der Waals surface area contributed by atoms with Gasteiger partial charge in [0.25, 0.3) is 0 Å². The third-order valence-corrected chi connectivity index (χ3v) is 11.3. The molecule has 5 rings (SSSR count). The van der Waals surface area contributed by atoms with Crippen molar-refractivity contribution >= 4 is 0 Å². The molecule has 3 saturated carbocycles. The predicted octanol–water partition coefficient (Wildman–Crippen LogP) is 13.0. The molecule has 3 aliphatic rings. The molecule has 0 unspecified atom stereocenters. The minimum atomic E-state index is -6.02. The molecule has 52 heavy (non-hydrogen) atoms. The van der Waals surface area contributed by atoms with Gasteiger partial charge in [0, 0.05) is 18.2 Å². The van der Waals surface area contributed by atoms with E-state index in [0.29, 0.717) is 36.8 Å². The molecular formula is C37H42F12O3. The highest BCUT2D eigenvalue weighted by molar-refractivity contribution is 5.35. The first-order valence-corrected chi connectivity index (χ1v) is 17.9. The van der Waals surface area contributed by atoms with Gasteiger partial charge in [0.1, 0.15) is 40.1 Å². The zero-order valence-electron chi connectivity index (χ0n) is 28.5. The van der Waals surface area contributed by atoms with Crippen LogP contribution in [0.3, 0.4) is 0 Å². The Morgan fingerprint density at radius 3 is 1.48 bits per heavy atom. The van der Waals surface area contributed by atoms with Crippen molar-refractivity contribution in [3.8, 4) is 11.5 Å². The molecule has 2 aromatic rings. The van der Waals surface area contributed by atoms with E-state index in [2.05, 4.69) is 16.4 Å². The molecule has 0 aromatic heterocycles. The lowest BCUT2D eigenvalue weighted by Crippen LogP contribution is -2.38. The quantitative estimate of drug-likeness (QED) is 0.202. The monoisotopic (exact) mass is 762 g/mol. The summed E-state index contributed by atoms with van der Waals surface area (Å²) < 4.78 is 179. The molecule has 3 nitrogen and oxygen atoms in total. The van der Waals surface area contributed by atoms with Crippen molar-refractivity contribution in [3.05, 3.63) is 58.9 Å². The summed E-state index contributed by atoms with van der Waals surface area (Å²) >= 11 is 0. The summed E-state index contributed by atoms with van der Waals surface area (Å²) in [6.07, 6.45) is -6.23. The molecule has 292 valence electrons. The second kappa shape index (κ2) is 15.9. The number of hydrogen-bond acceptors (Lipinski definition) is 3. The molecule has 0 N–H and O–H groups in total. The van der Waals surface area contributed by atoms with Crippen molar-refractivity contribution in [1.29, 1.82) is 0 Å². The van der Waals surface area contributed by atoms with Crippen LogP contribution in [0.2, 0.25) is 0 Å². The van der Waals surface area contributed by atoms with E-state index in [9.17, 15) is 43.9 Å². The van der Waals surface area contributed by atoms with Crippen molar-refractivity contribution in [2.45, 2.75) is 122 Å². The lowest BCUT2D eigenvalue weighted by Gasteiger charge is -2.42. The minimum absolute atomic E-state index is 0.172. The van der Waals surface area contributed by atoms with Crippen molar-refractivity contribution in [2.24, 2.45) is 35.5 Å². The normalized spacial score (nSPS) is 26.6. The maximum Gasteiger partial charge on any atom is 0.527 e. The molecule has 3 aliphatic carbocycles. The van der Waals surface area contributed by atoms with Crippen LogP contribution in [0.5, 0.6) is 11.5 Å². The van der Waals surface area contributed by atoms with E-state index in [1.807, 2.05) is 0 Å². The standard InChI is InChI=1S/C37H42F12O3/c1-2-3-21-4-6-22(7-5-21)23-8-10-24(11-9-23)25-12-14-26(15-13-25)34(41,42)50-27-16-17-29(30(38)18-27)35(43,44)51-28-19-31(39)33(32(40)20-28)36(45,46)52-37(47,48)49/h16-26H,2-15H2,1H3. The van der Waals surface area contributed by atoms with Gasteiger partial charge in [0.2, 0.25) is 0 Å². The van der Waals surface area contributed by atoms with Crippen LogP contribution >= 0.6 is 0 Å². The maximum absolute atomic E-state index is 15.2. The molecule has 0 spiro atoms. The van der Waals surface area contributed by atoms with E-state index in [1.165, 1.54) is 51.4 Å². The SMILES string of the molecule is CCCC1CCC(C2CCC(C3CCC(C(F)(F)Oc4ccc(C(F)(F)Oc5cc(F)c(C(F)(F)OC(F)(F)F)c(F)c5)c(F)c4)CC3)CC2)CC1. The van der Waals surface area contributed by atoms with Gasteiger partial charge in [-0.25, -0.2) is 17.9 Å². The second-order valence-corrected chi connectivity index (χ2v) is 14.6. The summed E-state index contributed by atoms with van der Waals surface area (Å²) in [6, 6.07) is 0.630. The predicted molar refractivity (Wildman–Crippen MR) is 165 cm³/mol. The van der Waals surface area contributed by atoms with Crippen LogP contribution in [0.25, 0.3) is 0 Å². The summed E-state index contributed by atoms with van der Waals surface area (Å²) in [6.45, 7) is 2.23. The Kier molecular flexibility index (Phi) is 12.3. The van der Waals surface area contributed by atoms with Gasteiger partial charge in [-0.2, -0.15) is 26.3 Å². The molecule has 2 aromatic carbocycles. The van der Waals surface area contributed by atoms with E-state index in [4.69, 9.17) is 4.74 Å². The minimum Gasteiger partial charge on any atom is -0.432 e. The zero-order valence-corrected chi connectivity index (χ0v) is 28.5. The highest BCUT2D eigenvalue weighted by Crippen LogP contribution is 2.49. The van der Waals surface area contributed by atoms with Gasteiger partial charge < -0.3 is 9.47 Å². The summed E-state index contributed by atoms with van der Waals surface area (Å²) in [5, 5.41) is 0. The molecule has 15 heteroatoms. The number of hydrogen-bond donors (Lipinski definition) is 0. The zero-order chi connectivity index (χ0) is 38.1. The van der Waals surface area contributed by atoms with E-state index in [1.54, 1.807) is 0 Å². The topological polar surface area (TPSA) is 27.7 Å². The molecule has 0 saturated heterocycles. The average molecular weight is 763 g/mol. The Morgan fingerprint density at radius 2 is 1.02 bits per heavy atom. The first kappa shape index (κ1) is 40.3. The van der Waals surface area contributed by atoms with Crippen LogP contribution < -0.4 is 9.47 Å². The fourth-order valence-electron chi connectivity index (χ4n) is 8.69. The van der Waals surface area contributed by atoms with E-state index >= 15 is 8.78 Å². The van der Waals surface area contributed by atoms with Crippen LogP contribution in [-0.2, 0) is 17.0 Å². The van der Waals surface area contributed by atoms with Crippen molar-refractivity contribution in [3.63, 3.8) is 0 Å². The summed E-state index contributed by atoms with van der Waals surface area (Å²) in [4.78, 5) is 0. The van der Waals surface area contributed by atoms with Gasteiger partial charge in [0.05, 0.1) is 5.92 Å². The Labute approximate surface area is 294 Å². The second-order valence-electron chi connectivity index (χ2n) is 14.6. The Hall–Kier alpha value is -2.84. The highest BCUT2D eigenvalue weighted by Gasteiger charge is 2.50. The van der Waals surface area contributed by atoms with Gasteiger partial charge in [-0.05, 0) is 106 Å². The number of benzene rings is 2. The summed E-state index contributed by atoms with van der Waals surface area (Å²) in [5.41, 5.74) is -4.14. The molecule has 0 amide bonds. The van der Waals surface area contributed by atoms with E-state index in [-0.39, 0.29) is 31.0 Å². The summed E-state index contributed by atoms with van der Waals surface area (Å²) in [5.74, 6) is -6.95. The van der Waals surface area contributed by atoms with E-state index < -0.39 is 70.7 Å². The van der Waals surface area contributed by atoms with Crippen LogP contribution in [-0.4, -0.2) is 12.5 Å². The third-order valence-electron chi connectivity index (χ3n) is 11.3. The molecule has 0 aliphatic heterocycles. The number of halogens is 12. The largest absolute Gasteiger partial charge is 0.527 e. The van der Waals surface area contributed by atoms with Crippen LogP contribution in [0, 0.1) is 53.0 Å². The van der Waals surface area contributed by atoms with Crippen LogP contribution in [0.4, 0.5) is 52.7 Å². The molecule has 0 radical (unpaired) electrons. The van der Waals surface area contributed by atoms with Gasteiger partial charge in [0.15, 0.2) is 0 Å². The molecule has 0 atom stereocenters. The third kappa shape index (κ3) is 9.82. The Morgan fingerprint density at radius 1 is 0.558 bits per heavy atom. The van der Waals surface area contributed by atoms with E-state index in [0.717, 1.165) is 30.6 Å². The lowest BCUT2D eigenvalue weighted by atomic mass is 9.65. The highest BCUT2D eigenvalue weighted by atomic mass is 19.4. The van der Waals surface area contributed by atoms with Crippen molar-refractivity contribution in [2.75, 3.05) is 0 Å². The number of rotatable bonds is 12. The first-order valence-electron chi connectivity index (χ1n) is 17.9. The van der Waals surface area contributed by atoms with Crippen molar-refractivity contribution < 1.29 is 66.9 Å². The fourth-order valence-corrected chi connectivity index (χ4v) is 8.69. The van der Waals surface area contributed by atoms with Crippen LogP contribution in [0.1, 0.15) is 108 Å². The smallest absolute Gasteiger partial charge is 0.432 e.